The molecule has 1 aliphatic rings. The maximum absolute atomic E-state index is 12.4. The molecule has 1 aromatic rings. The van der Waals surface area contributed by atoms with Crippen molar-refractivity contribution in [3.63, 3.8) is 0 Å². The molecule has 1 amide bonds. The van der Waals surface area contributed by atoms with Gasteiger partial charge in [-0.3, -0.25) is 14.6 Å². The number of hydrogen-bond acceptors (Lipinski definition) is 5. The second-order valence-electron chi connectivity index (χ2n) is 6.21. The molecule has 1 fully saturated rings. The molecule has 2 rings (SSSR count). The highest BCUT2D eigenvalue weighted by Crippen LogP contribution is 2.24. The minimum Gasteiger partial charge on any atom is -0.481 e. The maximum atomic E-state index is 12.4. The Morgan fingerprint density at radius 3 is 2.68 bits per heavy atom. The highest BCUT2D eigenvalue weighted by molar-refractivity contribution is 7.89. The molecule has 9 heteroatoms. The number of aliphatic carboxylic acids is 1. The van der Waals surface area contributed by atoms with Gasteiger partial charge in [-0.05, 0) is 25.0 Å². The standard InChI is InChI=1S/C16H23N3O5S/c1-19(25(23,24)12-6-5-9-17-10-12)11-15(20)18-14-8-4-2-3-7-13(14)16(21)22/h5-6,9-10,13-14H,2-4,7-8,11H2,1H3,(H,18,20)(H,21,22)/t13-,14+/m1/s1. The van der Waals surface area contributed by atoms with Crippen LogP contribution in [-0.4, -0.2) is 54.3 Å². The number of sulfonamides is 1. The molecule has 0 bridgehead atoms. The van der Waals surface area contributed by atoms with E-state index in [-0.39, 0.29) is 11.4 Å². The summed E-state index contributed by atoms with van der Waals surface area (Å²) in [5.41, 5.74) is 0. The van der Waals surface area contributed by atoms with E-state index in [1.807, 2.05) is 0 Å². The number of carboxylic acids is 1. The van der Waals surface area contributed by atoms with Crippen molar-refractivity contribution in [1.82, 2.24) is 14.6 Å². The lowest BCUT2D eigenvalue weighted by Gasteiger charge is -2.24. The van der Waals surface area contributed by atoms with E-state index >= 15 is 0 Å². The zero-order valence-electron chi connectivity index (χ0n) is 14.1. The van der Waals surface area contributed by atoms with Gasteiger partial charge < -0.3 is 10.4 Å². The first-order valence-electron chi connectivity index (χ1n) is 8.21. The minimum atomic E-state index is -3.82. The number of hydrogen-bond donors (Lipinski definition) is 2. The fraction of sp³-hybridized carbons (Fsp3) is 0.562. The van der Waals surface area contributed by atoms with Crippen LogP contribution in [0.1, 0.15) is 32.1 Å². The molecular weight excluding hydrogens is 346 g/mol. The van der Waals surface area contributed by atoms with Gasteiger partial charge in [0.15, 0.2) is 0 Å². The van der Waals surface area contributed by atoms with Crippen LogP contribution in [-0.2, 0) is 19.6 Å². The fourth-order valence-electron chi connectivity index (χ4n) is 3.00. The number of nitrogens with one attached hydrogen (secondary N) is 1. The number of rotatable bonds is 6. The van der Waals surface area contributed by atoms with Gasteiger partial charge >= 0.3 is 5.97 Å². The molecule has 1 aromatic heterocycles. The van der Waals surface area contributed by atoms with Crippen molar-refractivity contribution in [2.75, 3.05) is 13.6 Å². The zero-order chi connectivity index (χ0) is 18.4. The number of amides is 1. The van der Waals surface area contributed by atoms with Crippen molar-refractivity contribution in [2.24, 2.45) is 5.92 Å². The van der Waals surface area contributed by atoms with E-state index in [4.69, 9.17) is 0 Å². The number of pyridine rings is 1. The van der Waals surface area contributed by atoms with Gasteiger partial charge in [-0.15, -0.1) is 0 Å². The summed E-state index contributed by atoms with van der Waals surface area (Å²) in [6.45, 7) is -0.375. The average molecular weight is 369 g/mol. The molecule has 1 aliphatic carbocycles. The second kappa shape index (κ2) is 8.39. The predicted molar refractivity (Wildman–Crippen MR) is 90.2 cm³/mol. The van der Waals surface area contributed by atoms with Gasteiger partial charge in [0.1, 0.15) is 4.90 Å². The van der Waals surface area contributed by atoms with Gasteiger partial charge in [-0.1, -0.05) is 19.3 Å². The molecule has 8 nitrogen and oxygen atoms in total. The lowest BCUT2D eigenvalue weighted by atomic mass is 9.95. The van der Waals surface area contributed by atoms with Gasteiger partial charge in [0.05, 0.1) is 12.5 Å². The second-order valence-corrected chi connectivity index (χ2v) is 8.25. The summed E-state index contributed by atoms with van der Waals surface area (Å²) in [5.74, 6) is -2.07. The highest BCUT2D eigenvalue weighted by atomic mass is 32.2. The molecule has 0 spiro atoms. The minimum absolute atomic E-state index is 0.00294. The van der Waals surface area contributed by atoms with Crippen LogP contribution in [0.5, 0.6) is 0 Å². The normalized spacial score (nSPS) is 21.5. The molecule has 0 unspecified atom stereocenters. The molecule has 0 saturated heterocycles. The fourth-order valence-corrected chi connectivity index (χ4v) is 4.09. The van der Waals surface area contributed by atoms with Crippen LogP contribution >= 0.6 is 0 Å². The molecule has 1 heterocycles. The third-order valence-corrected chi connectivity index (χ3v) is 6.18. The zero-order valence-corrected chi connectivity index (χ0v) is 14.9. The van der Waals surface area contributed by atoms with Crippen molar-refractivity contribution < 1.29 is 23.1 Å². The molecule has 1 saturated carbocycles. The maximum Gasteiger partial charge on any atom is 0.308 e. The molecule has 25 heavy (non-hydrogen) atoms. The molecule has 2 N–H and O–H groups in total. The summed E-state index contributed by atoms with van der Waals surface area (Å²) in [6, 6.07) is 2.44. The Labute approximate surface area is 147 Å². The quantitative estimate of drug-likeness (QED) is 0.718. The monoisotopic (exact) mass is 369 g/mol. The topological polar surface area (TPSA) is 117 Å². The van der Waals surface area contributed by atoms with Crippen LogP contribution in [0, 0.1) is 5.92 Å². The number of nitrogens with zero attached hydrogens (tertiary/aromatic N) is 2. The molecule has 0 radical (unpaired) electrons. The SMILES string of the molecule is CN(CC(=O)N[C@H]1CCCCC[C@H]1C(=O)O)S(=O)(=O)c1cccnc1. The summed E-state index contributed by atoms with van der Waals surface area (Å²) in [5, 5.41) is 12.0. The Hall–Kier alpha value is -2.00. The Bertz CT molecular complexity index is 708. The first-order valence-corrected chi connectivity index (χ1v) is 9.65. The van der Waals surface area contributed by atoms with E-state index in [1.165, 1.54) is 31.6 Å². The predicted octanol–water partition coefficient (Wildman–Crippen LogP) is 0.852. The van der Waals surface area contributed by atoms with E-state index in [1.54, 1.807) is 0 Å². The van der Waals surface area contributed by atoms with Gasteiger partial charge in [0, 0.05) is 25.5 Å². The Morgan fingerprint density at radius 2 is 2.04 bits per heavy atom. The summed E-state index contributed by atoms with van der Waals surface area (Å²) >= 11 is 0. The van der Waals surface area contributed by atoms with Gasteiger partial charge in [0.25, 0.3) is 0 Å². The van der Waals surface area contributed by atoms with Crippen LogP contribution in [0.15, 0.2) is 29.4 Å². The third kappa shape index (κ3) is 4.99. The van der Waals surface area contributed by atoms with Crippen molar-refractivity contribution >= 4 is 21.9 Å². The van der Waals surface area contributed by atoms with Gasteiger partial charge in [-0.2, -0.15) is 4.31 Å². The van der Waals surface area contributed by atoms with Crippen molar-refractivity contribution in [1.29, 1.82) is 0 Å². The summed E-state index contributed by atoms with van der Waals surface area (Å²) in [6.07, 6.45) is 6.38. The molecule has 0 aliphatic heterocycles. The van der Waals surface area contributed by atoms with E-state index in [2.05, 4.69) is 10.3 Å². The number of carbonyl (C=O) groups is 2. The number of carboxylic acid groups (broad SMARTS) is 1. The Balaban J connectivity index is 2.02. The summed E-state index contributed by atoms with van der Waals surface area (Å²) < 4.78 is 25.7. The van der Waals surface area contributed by atoms with Crippen molar-refractivity contribution in [3.05, 3.63) is 24.5 Å². The average Bonchev–Trinajstić information content (AvgIpc) is 2.81. The number of aromatic nitrogens is 1. The van der Waals surface area contributed by atoms with Gasteiger partial charge in [0.2, 0.25) is 15.9 Å². The van der Waals surface area contributed by atoms with Gasteiger partial charge in [-0.25, -0.2) is 8.42 Å². The third-order valence-electron chi connectivity index (χ3n) is 4.39. The van der Waals surface area contributed by atoms with Crippen LogP contribution in [0.2, 0.25) is 0 Å². The van der Waals surface area contributed by atoms with Crippen LogP contribution in [0.3, 0.4) is 0 Å². The summed E-state index contributed by atoms with van der Waals surface area (Å²) in [7, 11) is -2.51. The van der Waals surface area contributed by atoms with Crippen molar-refractivity contribution in [2.45, 2.75) is 43.0 Å². The van der Waals surface area contributed by atoms with E-state index < -0.39 is 33.9 Å². The lowest BCUT2D eigenvalue weighted by molar-refractivity contribution is -0.143. The molecule has 138 valence electrons. The molecule has 0 aromatic carbocycles. The smallest absolute Gasteiger partial charge is 0.308 e. The lowest BCUT2D eigenvalue weighted by Crippen LogP contribution is -2.47. The number of likely N-dealkylation sites (N-methyl/N-ethyl adjacent to an activating group) is 1. The van der Waals surface area contributed by atoms with E-state index in [0.29, 0.717) is 12.8 Å². The highest BCUT2D eigenvalue weighted by Gasteiger charge is 2.31. The Kier molecular flexibility index (Phi) is 6.49. The van der Waals surface area contributed by atoms with E-state index in [9.17, 15) is 23.1 Å². The molecule has 2 atom stereocenters. The number of carbonyl (C=O) groups excluding carboxylic acids is 1. The summed E-state index contributed by atoms with van der Waals surface area (Å²) in [4.78, 5) is 27.4. The largest absolute Gasteiger partial charge is 0.481 e. The van der Waals surface area contributed by atoms with Crippen LogP contribution in [0.4, 0.5) is 0 Å². The molecular formula is C16H23N3O5S. The van der Waals surface area contributed by atoms with Crippen LogP contribution < -0.4 is 5.32 Å². The first-order chi connectivity index (χ1) is 11.8. The van der Waals surface area contributed by atoms with Crippen LogP contribution in [0.25, 0.3) is 0 Å². The van der Waals surface area contributed by atoms with Crippen molar-refractivity contribution in [3.8, 4) is 0 Å². The Morgan fingerprint density at radius 1 is 1.32 bits per heavy atom. The first kappa shape index (κ1) is 19.3. The van der Waals surface area contributed by atoms with E-state index in [0.717, 1.165) is 23.6 Å².